The second kappa shape index (κ2) is 4.07. The normalized spacial score (nSPS) is 10.6. The Hall–Kier alpha value is -1.28. The van der Waals surface area contributed by atoms with E-state index in [1.807, 2.05) is 23.9 Å². The van der Waals surface area contributed by atoms with Crippen molar-refractivity contribution in [1.29, 1.82) is 0 Å². The first-order valence-electron chi connectivity index (χ1n) is 4.89. The molecule has 0 saturated heterocycles. The predicted molar refractivity (Wildman–Crippen MR) is 62.6 cm³/mol. The molecule has 2 aromatic rings. The molecule has 0 radical (unpaired) electrons. The van der Waals surface area contributed by atoms with Gasteiger partial charge in [-0.25, -0.2) is 4.68 Å². The fraction of sp³-hybridized carbons (Fsp3) is 0.250. The zero-order valence-electron chi connectivity index (χ0n) is 8.87. The minimum absolute atomic E-state index is 0.510. The quantitative estimate of drug-likeness (QED) is 0.711. The highest BCUT2D eigenvalue weighted by molar-refractivity contribution is 6.17. The number of benzene rings is 1. The van der Waals surface area contributed by atoms with Crippen LogP contribution >= 0.6 is 11.6 Å². The average Bonchev–Trinajstić information content (AvgIpc) is 2.64. The smallest absolute Gasteiger partial charge is 0.0689 e. The maximum atomic E-state index is 5.92. The van der Waals surface area contributed by atoms with Crippen molar-refractivity contribution in [2.75, 3.05) is 0 Å². The lowest BCUT2D eigenvalue weighted by molar-refractivity contribution is 0.853. The molecule has 0 aliphatic carbocycles. The van der Waals surface area contributed by atoms with Gasteiger partial charge in [0.25, 0.3) is 0 Å². The second-order valence-corrected chi connectivity index (χ2v) is 3.93. The molecule has 0 atom stereocenters. The molecule has 0 spiro atoms. The number of nitrogens with zero attached hydrogens (tertiary/aromatic N) is 2. The van der Waals surface area contributed by atoms with Crippen LogP contribution in [0.15, 0.2) is 30.5 Å². The first kappa shape index (κ1) is 10.2. The molecule has 1 heterocycles. The maximum Gasteiger partial charge on any atom is 0.0689 e. The summed E-state index contributed by atoms with van der Waals surface area (Å²) in [5.41, 5.74) is 4.40. The van der Waals surface area contributed by atoms with Gasteiger partial charge in [0.1, 0.15) is 0 Å². The van der Waals surface area contributed by atoms with Crippen LogP contribution in [0, 0.1) is 13.8 Å². The number of alkyl halides is 1. The summed E-state index contributed by atoms with van der Waals surface area (Å²) in [5, 5.41) is 4.38. The van der Waals surface area contributed by atoms with E-state index in [0.717, 1.165) is 16.9 Å². The van der Waals surface area contributed by atoms with Crippen molar-refractivity contribution in [3.05, 3.63) is 47.3 Å². The molecule has 0 aliphatic heterocycles. The highest BCUT2D eigenvalue weighted by Crippen LogP contribution is 2.18. The fourth-order valence-corrected chi connectivity index (χ4v) is 1.81. The number of halogens is 1. The second-order valence-electron chi connectivity index (χ2n) is 3.67. The lowest BCUT2D eigenvalue weighted by Crippen LogP contribution is -1.99. The molecule has 2 nitrogen and oxygen atoms in total. The Morgan fingerprint density at radius 1 is 1.27 bits per heavy atom. The summed E-state index contributed by atoms with van der Waals surface area (Å²) in [6, 6.07) is 8.21. The van der Waals surface area contributed by atoms with E-state index >= 15 is 0 Å². The third-order valence-electron chi connectivity index (χ3n) is 2.35. The van der Waals surface area contributed by atoms with Crippen LogP contribution in [0.25, 0.3) is 5.69 Å². The van der Waals surface area contributed by atoms with E-state index in [-0.39, 0.29) is 0 Å². The molecular weight excluding hydrogens is 208 g/mol. The van der Waals surface area contributed by atoms with E-state index < -0.39 is 0 Å². The van der Waals surface area contributed by atoms with E-state index in [0.29, 0.717) is 5.88 Å². The molecule has 0 bridgehead atoms. The first-order chi connectivity index (χ1) is 7.20. The van der Waals surface area contributed by atoms with Crippen LogP contribution in [-0.4, -0.2) is 9.78 Å². The number of hydrogen-bond acceptors (Lipinski definition) is 1. The Balaban J connectivity index is 2.52. The van der Waals surface area contributed by atoms with E-state index in [2.05, 4.69) is 30.2 Å². The van der Waals surface area contributed by atoms with Gasteiger partial charge >= 0.3 is 0 Å². The summed E-state index contributed by atoms with van der Waals surface area (Å²) in [5.74, 6) is 0.510. The first-order valence-corrected chi connectivity index (χ1v) is 5.42. The Morgan fingerprint density at radius 2 is 2.07 bits per heavy atom. The summed E-state index contributed by atoms with van der Waals surface area (Å²) < 4.78 is 1.87. The van der Waals surface area contributed by atoms with Crippen LogP contribution in [0.4, 0.5) is 0 Å². The average molecular weight is 221 g/mol. The summed E-state index contributed by atoms with van der Waals surface area (Å²) in [7, 11) is 0. The number of aryl methyl sites for hydroxylation is 2. The van der Waals surface area contributed by atoms with Gasteiger partial charge in [0.15, 0.2) is 0 Å². The maximum absolute atomic E-state index is 5.92. The van der Waals surface area contributed by atoms with E-state index in [4.69, 9.17) is 11.6 Å². The van der Waals surface area contributed by atoms with Crippen LogP contribution in [0.1, 0.15) is 16.8 Å². The minimum Gasteiger partial charge on any atom is -0.240 e. The zero-order valence-corrected chi connectivity index (χ0v) is 9.62. The topological polar surface area (TPSA) is 17.8 Å². The van der Waals surface area contributed by atoms with Crippen molar-refractivity contribution < 1.29 is 0 Å². The SMILES string of the molecule is Cc1ccc(-n2ccc(C)n2)c(CCl)c1. The van der Waals surface area contributed by atoms with Crippen LogP contribution in [-0.2, 0) is 5.88 Å². The third kappa shape index (κ3) is 2.05. The molecule has 1 aromatic heterocycles. The van der Waals surface area contributed by atoms with Crippen molar-refractivity contribution in [3.8, 4) is 5.69 Å². The Labute approximate surface area is 94.5 Å². The van der Waals surface area contributed by atoms with Gasteiger partial charge in [-0.05, 0) is 31.5 Å². The molecule has 0 saturated carbocycles. The molecule has 1 aromatic carbocycles. The summed E-state index contributed by atoms with van der Waals surface area (Å²) in [6.07, 6.45) is 1.95. The van der Waals surface area contributed by atoms with Gasteiger partial charge in [0.2, 0.25) is 0 Å². The number of rotatable bonds is 2. The summed E-state index contributed by atoms with van der Waals surface area (Å²) in [4.78, 5) is 0. The van der Waals surface area contributed by atoms with Gasteiger partial charge in [-0.2, -0.15) is 5.10 Å². The minimum atomic E-state index is 0.510. The Bertz CT molecular complexity index is 474. The van der Waals surface area contributed by atoms with Gasteiger partial charge in [0.05, 0.1) is 11.4 Å². The van der Waals surface area contributed by atoms with Crippen LogP contribution in [0.2, 0.25) is 0 Å². The van der Waals surface area contributed by atoms with Crippen LogP contribution in [0.5, 0.6) is 0 Å². The van der Waals surface area contributed by atoms with Gasteiger partial charge in [-0.3, -0.25) is 0 Å². The van der Waals surface area contributed by atoms with Gasteiger partial charge in [-0.15, -0.1) is 11.6 Å². The van der Waals surface area contributed by atoms with Gasteiger partial charge < -0.3 is 0 Å². The lowest BCUT2D eigenvalue weighted by atomic mass is 10.1. The largest absolute Gasteiger partial charge is 0.240 e. The van der Waals surface area contributed by atoms with Gasteiger partial charge in [-0.1, -0.05) is 17.7 Å². The molecule has 0 unspecified atom stereocenters. The monoisotopic (exact) mass is 220 g/mol. The molecule has 0 aliphatic rings. The number of aromatic nitrogens is 2. The number of hydrogen-bond donors (Lipinski definition) is 0. The Morgan fingerprint density at radius 3 is 2.67 bits per heavy atom. The molecule has 0 amide bonds. The molecule has 2 rings (SSSR count). The molecule has 0 N–H and O–H groups in total. The predicted octanol–water partition coefficient (Wildman–Crippen LogP) is 3.23. The fourth-order valence-electron chi connectivity index (χ4n) is 1.59. The van der Waals surface area contributed by atoms with Gasteiger partial charge in [0, 0.05) is 12.1 Å². The molecule has 3 heteroatoms. The van der Waals surface area contributed by atoms with E-state index in [9.17, 15) is 0 Å². The van der Waals surface area contributed by atoms with E-state index in [1.165, 1.54) is 5.56 Å². The van der Waals surface area contributed by atoms with Crippen molar-refractivity contribution in [3.63, 3.8) is 0 Å². The van der Waals surface area contributed by atoms with Crippen LogP contribution in [0.3, 0.4) is 0 Å². The molecular formula is C12H13ClN2. The standard InChI is InChI=1S/C12H13ClN2/c1-9-3-4-12(11(7-9)8-13)15-6-5-10(2)14-15/h3-7H,8H2,1-2H3. The molecule has 15 heavy (non-hydrogen) atoms. The van der Waals surface area contributed by atoms with Crippen LogP contribution < -0.4 is 0 Å². The molecule has 0 fully saturated rings. The van der Waals surface area contributed by atoms with Crippen molar-refractivity contribution in [1.82, 2.24) is 9.78 Å². The van der Waals surface area contributed by atoms with E-state index in [1.54, 1.807) is 0 Å². The summed E-state index contributed by atoms with van der Waals surface area (Å²) >= 11 is 5.92. The lowest BCUT2D eigenvalue weighted by Gasteiger charge is -2.07. The zero-order chi connectivity index (χ0) is 10.8. The third-order valence-corrected chi connectivity index (χ3v) is 2.64. The Kier molecular flexibility index (Phi) is 2.78. The highest BCUT2D eigenvalue weighted by Gasteiger charge is 2.04. The van der Waals surface area contributed by atoms with Crippen molar-refractivity contribution in [2.24, 2.45) is 0 Å². The highest BCUT2D eigenvalue weighted by atomic mass is 35.5. The van der Waals surface area contributed by atoms with Crippen molar-refractivity contribution in [2.45, 2.75) is 19.7 Å². The summed E-state index contributed by atoms with van der Waals surface area (Å²) in [6.45, 7) is 4.04. The molecule has 78 valence electrons. The van der Waals surface area contributed by atoms with Crippen molar-refractivity contribution >= 4 is 11.6 Å².